The minimum absolute atomic E-state index is 0. The summed E-state index contributed by atoms with van der Waals surface area (Å²) >= 11 is 0. The second-order valence-electron chi connectivity index (χ2n) is 0. The van der Waals surface area contributed by atoms with E-state index in [0.717, 1.165) is 0 Å². The van der Waals surface area contributed by atoms with Crippen LogP contribution in [0.5, 0.6) is 0 Å². The fourth-order valence-corrected chi connectivity index (χ4v) is 0. The fourth-order valence-electron chi connectivity index (χ4n) is 0. The summed E-state index contributed by atoms with van der Waals surface area (Å²) in [5.74, 6) is 0. The van der Waals surface area contributed by atoms with Crippen molar-refractivity contribution >= 4 is 76.9 Å². The van der Waals surface area contributed by atoms with Gasteiger partial charge in [-0.2, -0.15) is 9.90 Å². The van der Waals surface area contributed by atoms with Crippen LogP contribution in [0.15, 0.2) is 0 Å². The zero-order valence-electron chi connectivity index (χ0n) is 2.34. The quantitative estimate of drug-likeness (QED) is 0.404. The van der Waals surface area contributed by atoms with E-state index in [2.05, 4.69) is 0 Å². The van der Waals surface area contributed by atoms with Crippen molar-refractivity contribution in [3.8, 4) is 0 Å². The Morgan fingerprint density at radius 2 is 0.500 bits per heavy atom. The molecule has 0 rings (SSSR count). The van der Waals surface area contributed by atoms with Crippen LogP contribution >= 0.6 is 59.5 Å². The van der Waals surface area contributed by atoms with Crippen molar-refractivity contribution in [3.05, 3.63) is 0 Å². The van der Waals surface area contributed by atoms with Gasteiger partial charge in [0.25, 0.3) is 0 Å². The van der Waals surface area contributed by atoms with Crippen LogP contribution in [0.25, 0.3) is 0 Å². The summed E-state index contributed by atoms with van der Waals surface area (Å²) < 4.78 is 0. The molecular formula is H10AlCl4P. The molecule has 0 aromatic carbocycles. The van der Waals surface area contributed by atoms with Gasteiger partial charge < -0.3 is 0 Å². The van der Waals surface area contributed by atoms with Crippen LogP contribution in [-0.2, 0) is 0 Å². The molecule has 0 aromatic heterocycles. The Bertz CT molecular complexity index is 7.51. The molecule has 0 radical (unpaired) electrons. The van der Waals surface area contributed by atoms with Crippen molar-refractivity contribution in [3.63, 3.8) is 0 Å². The summed E-state index contributed by atoms with van der Waals surface area (Å²) in [5, 5.41) is 0. The highest BCUT2D eigenvalue weighted by Gasteiger charge is 0.187. The van der Waals surface area contributed by atoms with Gasteiger partial charge in [-0.15, -0.1) is 49.6 Å². The smallest absolute Gasteiger partial charge is 0.153 e. The molecule has 0 fully saturated rings. The summed E-state index contributed by atoms with van der Waals surface area (Å²) in [6.07, 6.45) is 0. The largest absolute Gasteiger partial charge is 0.187 e. The van der Waals surface area contributed by atoms with E-state index >= 15 is 0 Å². The Morgan fingerprint density at radius 3 is 0.500 bits per heavy atom. The first-order chi connectivity index (χ1) is 0. The number of hydrogen-bond acceptors (Lipinski definition) is 0. The van der Waals surface area contributed by atoms with Gasteiger partial charge in [0.2, 0.25) is 0 Å². The molecule has 0 amide bonds. The normalized spacial score (nSPS) is 0. The van der Waals surface area contributed by atoms with Gasteiger partial charge >= 0.3 is 0 Å². The third-order valence-electron chi connectivity index (χ3n) is 0. The molecule has 0 nitrogen and oxygen atoms in total. The highest BCUT2D eigenvalue weighted by Crippen LogP contribution is 0.861. The van der Waals surface area contributed by atoms with Crippen molar-refractivity contribution in [2.24, 2.45) is 0 Å². The number of halogens is 4. The van der Waals surface area contributed by atoms with E-state index in [0.29, 0.717) is 0 Å². The molecule has 0 heterocycles. The SMILES string of the molecule is Cl.Cl.Cl.Cl.P.[AlH3]. The predicted molar refractivity (Wildman–Crippen MR) is 50.0 cm³/mol. The van der Waals surface area contributed by atoms with Gasteiger partial charge in [-0.1, -0.05) is 0 Å². The van der Waals surface area contributed by atoms with Crippen molar-refractivity contribution < 1.29 is 0 Å². The van der Waals surface area contributed by atoms with Crippen molar-refractivity contribution in [2.75, 3.05) is 0 Å². The topological polar surface area (TPSA) is 0 Å². The third kappa shape index (κ3) is 35.7. The second kappa shape index (κ2) is 59.3. The molecule has 0 aliphatic rings. The lowest BCUT2D eigenvalue weighted by atomic mass is 27.0. The third-order valence-corrected chi connectivity index (χ3v) is 0. The minimum atomic E-state index is 0. The summed E-state index contributed by atoms with van der Waals surface area (Å²) in [6, 6.07) is 0. The molecule has 0 spiro atoms. The molecule has 0 saturated carbocycles. The maximum absolute atomic E-state index is 0. The fraction of sp³-hybridized carbons (Fsp3) is 0. The van der Waals surface area contributed by atoms with E-state index in [-0.39, 0.29) is 76.9 Å². The highest BCUT2D eigenvalue weighted by atomic mass is 35.5. The first kappa shape index (κ1) is 91.5. The maximum Gasteiger partial charge on any atom is 0.187 e. The van der Waals surface area contributed by atoms with E-state index in [1.54, 1.807) is 0 Å². The Labute approximate surface area is 76.6 Å². The van der Waals surface area contributed by atoms with Crippen LogP contribution in [0.2, 0.25) is 0 Å². The molecule has 6 heteroatoms. The van der Waals surface area contributed by atoms with E-state index in [4.69, 9.17) is 0 Å². The maximum atomic E-state index is 0. The highest BCUT2D eigenvalue weighted by molar-refractivity contribution is 6.92. The van der Waals surface area contributed by atoms with Gasteiger partial charge in [0.1, 0.15) is 0 Å². The predicted octanol–water partition coefficient (Wildman–Crippen LogP) is 0.561. The summed E-state index contributed by atoms with van der Waals surface area (Å²) in [5.41, 5.74) is 0. The van der Waals surface area contributed by atoms with Crippen LogP contribution < -0.4 is 0 Å². The van der Waals surface area contributed by atoms with Crippen LogP contribution in [0.3, 0.4) is 0 Å². The van der Waals surface area contributed by atoms with Gasteiger partial charge in [-0.3, -0.25) is 0 Å². The van der Waals surface area contributed by atoms with Crippen LogP contribution in [0.4, 0.5) is 0 Å². The van der Waals surface area contributed by atoms with Gasteiger partial charge in [-0.05, 0) is 0 Å². The lowest BCUT2D eigenvalue weighted by molar-refractivity contribution is 5.75. The Kier molecular flexibility index (Phi) is 903. The van der Waals surface area contributed by atoms with Crippen LogP contribution in [0.1, 0.15) is 0 Å². The lowest BCUT2D eigenvalue weighted by Crippen LogP contribution is -0.381. The number of rotatable bonds is 0. The molecule has 0 aliphatic carbocycles. The summed E-state index contributed by atoms with van der Waals surface area (Å²) in [6.45, 7) is 0. The minimum Gasteiger partial charge on any atom is -0.153 e. The zero-order chi connectivity index (χ0) is 0. The molecule has 6 heavy (non-hydrogen) atoms. The van der Waals surface area contributed by atoms with E-state index in [1.807, 2.05) is 0 Å². The molecule has 1 unspecified atom stereocenters. The number of hydrogen-bond donors (Lipinski definition) is 0. The summed E-state index contributed by atoms with van der Waals surface area (Å²) in [7, 11) is 0. The Balaban J connectivity index is 0. The molecule has 0 saturated heterocycles. The van der Waals surface area contributed by atoms with Crippen molar-refractivity contribution in [1.82, 2.24) is 0 Å². The zero-order valence-corrected chi connectivity index (χ0v) is 7.02. The second-order valence-corrected chi connectivity index (χ2v) is 0. The first-order valence-corrected chi connectivity index (χ1v) is 0. The van der Waals surface area contributed by atoms with Crippen molar-refractivity contribution in [2.45, 2.75) is 0 Å². The lowest BCUT2D eigenvalue weighted by Gasteiger charge is -0.154. The van der Waals surface area contributed by atoms with Gasteiger partial charge in [0.15, 0.2) is 17.4 Å². The standard InChI is InChI=1S/Al.4ClH.H3P.3H/h;4*1H;1H3;;;. The van der Waals surface area contributed by atoms with Crippen molar-refractivity contribution in [1.29, 1.82) is 0 Å². The average molecular weight is 210 g/mol. The Hall–Kier alpha value is 2.12. The van der Waals surface area contributed by atoms with Crippen LogP contribution in [0, 0.1) is 0 Å². The van der Waals surface area contributed by atoms with Gasteiger partial charge in [-0.25, -0.2) is 0 Å². The first-order valence-electron chi connectivity index (χ1n) is 0. The molecule has 46 valence electrons. The van der Waals surface area contributed by atoms with E-state index in [9.17, 15) is 0 Å². The molecule has 0 N–H and O–H groups in total. The van der Waals surface area contributed by atoms with Gasteiger partial charge in [0, 0.05) is 0 Å². The Morgan fingerprint density at radius 1 is 0.500 bits per heavy atom. The molecule has 0 aromatic rings. The molecule has 0 bridgehead atoms. The van der Waals surface area contributed by atoms with Gasteiger partial charge in [0.05, 0.1) is 0 Å². The molecular weight excluding hydrogens is 200 g/mol. The molecule has 1 atom stereocenters. The van der Waals surface area contributed by atoms with E-state index in [1.165, 1.54) is 0 Å². The van der Waals surface area contributed by atoms with Crippen LogP contribution in [-0.4, -0.2) is 17.4 Å². The average Bonchev–Trinajstić information content (AvgIpc) is 0. The van der Waals surface area contributed by atoms with E-state index < -0.39 is 0 Å². The monoisotopic (exact) mass is 208 g/mol. The summed E-state index contributed by atoms with van der Waals surface area (Å²) in [4.78, 5) is 0. The molecule has 0 aliphatic heterocycles.